The zero-order valence-electron chi connectivity index (χ0n) is 11.7. The molecule has 0 aliphatic carbocycles. The van der Waals surface area contributed by atoms with Crippen LogP contribution in [0.25, 0.3) is 0 Å². The third-order valence-corrected chi connectivity index (χ3v) is 5.56. The van der Waals surface area contributed by atoms with Crippen molar-refractivity contribution in [1.82, 2.24) is 14.1 Å². The number of unbranched alkanes of at least 4 members (excludes halogenated alkanes) is 1. The van der Waals surface area contributed by atoms with Crippen molar-refractivity contribution in [2.45, 2.75) is 37.1 Å². The van der Waals surface area contributed by atoms with Crippen LogP contribution in [0.2, 0.25) is 0 Å². The van der Waals surface area contributed by atoms with Crippen LogP contribution in [0.4, 0.5) is 0 Å². The summed E-state index contributed by atoms with van der Waals surface area (Å²) in [6.07, 6.45) is 5.90. The lowest BCUT2D eigenvalue weighted by molar-refractivity contribution is 0.260. The Balaban J connectivity index is 1.92. The average Bonchev–Trinajstić information content (AvgIpc) is 2.87. The number of nitriles is 1. The number of piperidine rings is 1. The first-order chi connectivity index (χ1) is 9.54. The molecule has 0 saturated carbocycles. The molecule has 1 aliphatic rings. The molecule has 6 nitrogen and oxygen atoms in total. The summed E-state index contributed by atoms with van der Waals surface area (Å²) in [6.45, 7) is 1.10. The highest BCUT2D eigenvalue weighted by Crippen LogP contribution is 2.26. The molecule has 0 spiro atoms. The van der Waals surface area contributed by atoms with Gasteiger partial charge in [-0.3, -0.25) is 4.68 Å². The standard InChI is InChI=1S/C13H20N4O2S/c1-16-9-7-13(15-16)20(18,19)17-10-5-12(6-11-17)4-2-3-8-14/h7,9,12H,2-6,10-11H2,1H3. The molecular weight excluding hydrogens is 276 g/mol. The van der Waals surface area contributed by atoms with Crippen LogP contribution < -0.4 is 0 Å². The van der Waals surface area contributed by atoms with Crippen molar-refractivity contribution in [2.24, 2.45) is 13.0 Å². The van der Waals surface area contributed by atoms with Crippen LogP contribution in [-0.4, -0.2) is 35.6 Å². The molecule has 0 radical (unpaired) electrons. The van der Waals surface area contributed by atoms with Gasteiger partial charge in [-0.2, -0.15) is 14.7 Å². The van der Waals surface area contributed by atoms with Crippen LogP contribution in [0.1, 0.15) is 32.1 Å². The van der Waals surface area contributed by atoms with E-state index in [-0.39, 0.29) is 5.03 Å². The van der Waals surface area contributed by atoms with Gasteiger partial charge in [0.2, 0.25) is 0 Å². The first kappa shape index (κ1) is 15.0. The fourth-order valence-electron chi connectivity index (χ4n) is 2.57. The minimum atomic E-state index is -3.44. The van der Waals surface area contributed by atoms with Gasteiger partial charge in [-0.25, -0.2) is 8.42 Å². The first-order valence-electron chi connectivity index (χ1n) is 6.91. The van der Waals surface area contributed by atoms with E-state index in [0.717, 1.165) is 25.7 Å². The predicted molar refractivity (Wildman–Crippen MR) is 74.2 cm³/mol. The SMILES string of the molecule is Cn1ccc(S(=O)(=O)N2CCC(CCCC#N)CC2)n1. The van der Waals surface area contributed by atoms with Crippen LogP contribution in [0, 0.1) is 17.2 Å². The molecule has 1 saturated heterocycles. The van der Waals surface area contributed by atoms with Crippen molar-refractivity contribution < 1.29 is 8.42 Å². The minimum Gasteiger partial charge on any atom is -0.274 e. The van der Waals surface area contributed by atoms with Gasteiger partial charge in [0.25, 0.3) is 10.0 Å². The highest BCUT2D eigenvalue weighted by atomic mass is 32.2. The van der Waals surface area contributed by atoms with Crippen LogP contribution in [0.15, 0.2) is 17.3 Å². The second-order valence-electron chi connectivity index (χ2n) is 5.23. The molecule has 1 fully saturated rings. The molecule has 2 rings (SSSR count). The van der Waals surface area contributed by atoms with Gasteiger partial charge in [0.05, 0.1) is 6.07 Å². The molecule has 7 heteroatoms. The maximum absolute atomic E-state index is 12.4. The van der Waals surface area contributed by atoms with E-state index in [1.165, 1.54) is 15.1 Å². The van der Waals surface area contributed by atoms with E-state index in [4.69, 9.17) is 5.26 Å². The Labute approximate surface area is 120 Å². The van der Waals surface area contributed by atoms with Crippen molar-refractivity contribution in [3.8, 4) is 6.07 Å². The van der Waals surface area contributed by atoms with Crippen molar-refractivity contribution in [3.63, 3.8) is 0 Å². The van der Waals surface area contributed by atoms with Crippen molar-refractivity contribution >= 4 is 10.0 Å². The summed E-state index contributed by atoms with van der Waals surface area (Å²) in [5.41, 5.74) is 0. The van der Waals surface area contributed by atoms with Crippen LogP contribution in [0.5, 0.6) is 0 Å². The Morgan fingerprint density at radius 2 is 2.15 bits per heavy atom. The topological polar surface area (TPSA) is 79.0 Å². The zero-order valence-corrected chi connectivity index (χ0v) is 12.5. The number of rotatable bonds is 5. The predicted octanol–water partition coefficient (Wildman–Crippen LogP) is 1.51. The Morgan fingerprint density at radius 3 is 2.70 bits per heavy atom. The summed E-state index contributed by atoms with van der Waals surface area (Å²) < 4.78 is 27.8. The summed E-state index contributed by atoms with van der Waals surface area (Å²) in [5, 5.41) is 12.6. The normalized spacial score (nSPS) is 18.0. The molecule has 0 atom stereocenters. The fraction of sp³-hybridized carbons (Fsp3) is 0.692. The van der Waals surface area contributed by atoms with E-state index in [9.17, 15) is 8.42 Å². The molecular formula is C13H20N4O2S. The number of aromatic nitrogens is 2. The lowest BCUT2D eigenvalue weighted by Gasteiger charge is -2.30. The van der Waals surface area contributed by atoms with Crippen LogP contribution >= 0.6 is 0 Å². The molecule has 20 heavy (non-hydrogen) atoms. The van der Waals surface area contributed by atoms with Crippen LogP contribution in [0.3, 0.4) is 0 Å². The number of hydrogen-bond acceptors (Lipinski definition) is 4. The molecule has 1 aliphatic heterocycles. The monoisotopic (exact) mass is 296 g/mol. The van der Waals surface area contributed by atoms with Gasteiger partial charge in [0, 0.05) is 32.8 Å². The van der Waals surface area contributed by atoms with Crippen molar-refractivity contribution in [1.29, 1.82) is 5.26 Å². The lowest BCUT2D eigenvalue weighted by Crippen LogP contribution is -2.38. The van der Waals surface area contributed by atoms with Crippen LogP contribution in [-0.2, 0) is 17.1 Å². The summed E-state index contributed by atoms with van der Waals surface area (Å²) in [4.78, 5) is 0. The number of aryl methyl sites for hydroxylation is 1. The zero-order chi connectivity index (χ0) is 14.6. The smallest absolute Gasteiger partial charge is 0.262 e. The number of sulfonamides is 1. The summed E-state index contributed by atoms with van der Waals surface area (Å²) >= 11 is 0. The maximum Gasteiger partial charge on any atom is 0.262 e. The van der Waals surface area contributed by atoms with Gasteiger partial charge in [-0.15, -0.1) is 0 Å². The molecule has 1 aromatic rings. The third kappa shape index (κ3) is 3.38. The highest BCUT2D eigenvalue weighted by molar-refractivity contribution is 7.89. The van der Waals surface area contributed by atoms with E-state index < -0.39 is 10.0 Å². The van der Waals surface area contributed by atoms with Gasteiger partial charge in [0.1, 0.15) is 0 Å². The first-order valence-corrected chi connectivity index (χ1v) is 8.35. The molecule has 0 aromatic carbocycles. The van der Waals surface area contributed by atoms with E-state index >= 15 is 0 Å². The Bertz CT molecular complexity index is 580. The largest absolute Gasteiger partial charge is 0.274 e. The molecule has 1 aromatic heterocycles. The quantitative estimate of drug-likeness (QED) is 0.772. The maximum atomic E-state index is 12.4. The van der Waals surface area contributed by atoms with E-state index in [0.29, 0.717) is 25.4 Å². The van der Waals surface area contributed by atoms with Gasteiger partial charge in [0.15, 0.2) is 5.03 Å². The molecule has 2 heterocycles. The molecule has 0 unspecified atom stereocenters. The summed E-state index contributed by atoms with van der Waals surface area (Å²) in [5.74, 6) is 0.540. The lowest BCUT2D eigenvalue weighted by atomic mass is 9.93. The Morgan fingerprint density at radius 1 is 1.45 bits per heavy atom. The van der Waals surface area contributed by atoms with E-state index in [1.54, 1.807) is 13.2 Å². The Hall–Kier alpha value is -1.39. The number of hydrogen-bond donors (Lipinski definition) is 0. The summed E-state index contributed by atoms with van der Waals surface area (Å²) in [6, 6.07) is 3.68. The minimum absolute atomic E-state index is 0.128. The van der Waals surface area contributed by atoms with Crippen molar-refractivity contribution in [2.75, 3.05) is 13.1 Å². The third-order valence-electron chi connectivity index (χ3n) is 3.77. The molecule has 0 N–H and O–H groups in total. The fourth-order valence-corrected chi connectivity index (χ4v) is 3.99. The molecule has 0 amide bonds. The van der Waals surface area contributed by atoms with Gasteiger partial charge in [-0.05, 0) is 37.7 Å². The Kier molecular flexibility index (Phi) is 4.78. The van der Waals surface area contributed by atoms with Gasteiger partial charge in [-0.1, -0.05) is 0 Å². The molecule has 0 bridgehead atoms. The van der Waals surface area contributed by atoms with E-state index in [2.05, 4.69) is 11.2 Å². The van der Waals surface area contributed by atoms with Crippen molar-refractivity contribution in [3.05, 3.63) is 12.3 Å². The van der Waals surface area contributed by atoms with E-state index in [1.807, 2.05) is 0 Å². The summed E-state index contributed by atoms with van der Waals surface area (Å²) in [7, 11) is -1.73. The second-order valence-corrected chi connectivity index (χ2v) is 7.11. The van der Waals surface area contributed by atoms with Gasteiger partial charge < -0.3 is 0 Å². The number of nitrogens with zero attached hydrogens (tertiary/aromatic N) is 4. The second kappa shape index (κ2) is 6.37. The molecule has 110 valence electrons. The average molecular weight is 296 g/mol. The van der Waals surface area contributed by atoms with Gasteiger partial charge >= 0.3 is 0 Å². The highest BCUT2D eigenvalue weighted by Gasteiger charge is 2.30.